The number of amides is 4. The number of hydrogen-bond donors (Lipinski definition) is 4. The number of thiol groups is 1. The number of nitrogens with zero attached hydrogens (tertiary/aromatic N) is 1. The molecule has 0 bridgehead atoms. The third kappa shape index (κ3) is 7.81. The second-order valence-electron chi connectivity index (χ2n) is 5.98. The lowest BCUT2D eigenvalue weighted by molar-refractivity contribution is -0.138. The van der Waals surface area contributed by atoms with Crippen molar-refractivity contribution < 1.29 is 19.2 Å². The number of nitrogens with one attached hydrogen (secondary N) is 2. The van der Waals surface area contributed by atoms with Gasteiger partial charge in [-0.15, -0.1) is 11.8 Å². The van der Waals surface area contributed by atoms with E-state index >= 15 is 0 Å². The van der Waals surface area contributed by atoms with Crippen molar-refractivity contribution in [2.75, 3.05) is 25.2 Å². The van der Waals surface area contributed by atoms with E-state index in [2.05, 4.69) is 23.3 Å². The Balaban J connectivity index is 2.38. The zero-order valence-corrected chi connectivity index (χ0v) is 17.6. The number of benzene rings is 1. The molecule has 0 saturated heterocycles. The molecule has 0 saturated carbocycles. The van der Waals surface area contributed by atoms with Crippen molar-refractivity contribution in [2.45, 2.75) is 24.6 Å². The molecule has 0 radical (unpaired) electrons. The summed E-state index contributed by atoms with van der Waals surface area (Å²) >= 11 is 5.29. The Labute approximate surface area is 174 Å². The molecule has 8 nitrogen and oxygen atoms in total. The highest BCUT2D eigenvalue weighted by molar-refractivity contribution is 8.00. The number of primary amides is 1. The van der Waals surface area contributed by atoms with E-state index in [1.165, 1.54) is 23.7 Å². The van der Waals surface area contributed by atoms with Crippen molar-refractivity contribution in [1.82, 2.24) is 15.5 Å². The van der Waals surface area contributed by atoms with Crippen LogP contribution < -0.4 is 16.4 Å². The van der Waals surface area contributed by atoms with E-state index < -0.39 is 23.1 Å². The van der Waals surface area contributed by atoms with Gasteiger partial charge in [-0.3, -0.25) is 19.2 Å². The van der Waals surface area contributed by atoms with Crippen LogP contribution in [0, 0.1) is 0 Å². The van der Waals surface area contributed by atoms with Gasteiger partial charge in [0.1, 0.15) is 6.04 Å². The predicted octanol–water partition coefficient (Wildman–Crippen LogP) is 0.244. The van der Waals surface area contributed by atoms with Crippen LogP contribution in [0.1, 0.15) is 23.7 Å². The van der Waals surface area contributed by atoms with Crippen molar-refractivity contribution >= 4 is 48.0 Å². The first-order valence-electron chi connectivity index (χ1n) is 8.66. The Hall–Kier alpha value is -2.20. The summed E-state index contributed by atoms with van der Waals surface area (Å²) in [5.41, 5.74) is 5.84. The fourth-order valence-electron chi connectivity index (χ4n) is 2.25. The maximum atomic E-state index is 12.2. The van der Waals surface area contributed by atoms with Gasteiger partial charge in [0.2, 0.25) is 17.7 Å². The van der Waals surface area contributed by atoms with Gasteiger partial charge in [0, 0.05) is 12.6 Å². The third-order valence-corrected chi connectivity index (χ3v) is 5.26. The Morgan fingerprint density at radius 3 is 2.39 bits per heavy atom. The number of nitrogens with two attached hydrogens (primary N) is 1. The summed E-state index contributed by atoms with van der Waals surface area (Å²) in [6.07, 6.45) is 0.335. The first kappa shape index (κ1) is 23.8. The quantitative estimate of drug-likeness (QED) is 0.298. The zero-order valence-electron chi connectivity index (χ0n) is 15.9. The molecule has 1 aromatic rings. The molecule has 10 heteroatoms. The van der Waals surface area contributed by atoms with Crippen molar-refractivity contribution in [3.05, 3.63) is 35.9 Å². The summed E-state index contributed by atoms with van der Waals surface area (Å²) in [5.74, 6) is -0.950. The number of carbonyl (C=O) groups is 4. The summed E-state index contributed by atoms with van der Waals surface area (Å²) in [5, 5.41) is 4.78. The number of rotatable bonds is 11. The van der Waals surface area contributed by atoms with Crippen molar-refractivity contribution in [3.8, 4) is 0 Å². The Kier molecular flexibility index (Phi) is 10.5. The van der Waals surface area contributed by atoms with E-state index in [0.29, 0.717) is 17.7 Å². The van der Waals surface area contributed by atoms with Crippen LogP contribution in [0.5, 0.6) is 0 Å². The molecule has 4 N–H and O–H groups in total. The van der Waals surface area contributed by atoms with Gasteiger partial charge in [-0.05, 0) is 31.2 Å². The summed E-state index contributed by atoms with van der Waals surface area (Å²) in [6.45, 7) is 1.43. The highest BCUT2D eigenvalue weighted by atomic mass is 32.2. The van der Waals surface area contributed by atoms with Crippen LogP contribution in [0.4, 0.5) is 0 Å². The van der Waals surface area contributed by atoms with Crippen LogP contribution in [0.3, 0.4) is 0 Å². The van der Waals surface area contributed by atoms with Crippen molar-refractivity contribution in [1.29, 1.82) is 0 Å². The summed E-state index contributed by atoms with van der Waals surface area (Å²) in [7, 11) is 1.46. The summed E-state index contributed by atoms with van der Waals surface area (Å²) < 4.78 is 0. The van der Waals surface area contributed by atoms with Gasteiger partial charge < -0.3 is 21.3 Å². The van der Waals surface area contributed by atoms with Crippen molar-refractivity contribution in [3.63, 3.8) is 0 Å². The fraction of sp³-hybridized carbons (Fsp3) is 0.444. The van der Waals surface area contributed by atoms with E-state index in [1.807, 2.05) is 6.07 Å². The Morgan fingerprint density at radius 1 is 1.18 bits per heavy atom. The molecule has 0 aliphatic rings. The lowest BCUT2D eigenvalue weighted by Crippen LogP contribution is -2.49. The second kappa shape index (κ2) is 12.3. The summed E-state index contributed by atoms with van der Waals surface area (Å²) in [6, 6.07) is 8.00. The second-order valence-corrected chi connectivity index (χ2v) is 7.75. The van der Waals surface area contributed by atoms with E-state index in [4.69, 9.17) is 5.73 Å². The zero-order chi connectivity index (χ0) is 21.1. The largest absolute Gasteiger partial charge is 0.368 e. The maximum Gasteiger partial charge on any atom is 0.251 e. The van der Waals surface area contributed by atoms with E-state index in [9.17, 15) is 19.2 Å². The molecule has 0 fully saturated rings. The smallest absolute Gasteiger partial charge is 0.251 e. The lowest BCUT2D eigenvalue weighted by Gasteiger charge is -2.25. The van der Waals surface area contributed by atoms with Crippen LogP contribution >= 0.6 is 24.4 Å². The molecular formula is C18H26N4O4S2. The molecule has 1 aromatic carbocycles. The highest BCUT2D eigenvalue weighted by Gasteiger charge is 2.24. The van der Waals surface area contributed by atoms with Gasteiger partial charge in [-0.1, -0.05) is 18.2 Å². The minimum atomic E-state index is -0.762. The average Bonchev–Trinajstić information content (AvgIpc) is 2.69. The minimum Gasteiger partial charge on any atom is -0.368 e. The third-order valence-electron chi connectivity index (χ3n) is 3.98. The molecule has 1 rings (SSSR count). The maximum absolute atomic E-state index is 12.2. The van der Waals surface area contributed by atoms with Gasteiger partial charge in [0.25, 0.3) is 5.91 Å². The average molecular weight is 427 g/mol. The minimum absolute atomic E-state index is 0.223. The topological polar surface area (TPSA) is 122 Å². The normalized spacial score (nSPS) is 12.5. The highest BCUT2D eigenvalue weighted by Crippen LogP contribution is 2.09. The molecule has 0 unspecified atom stereocenters. The van der Waals surface area contributed by atoms with Crippen LogP contribution in [-0.4, -0.2) is 65.0 Å². The van der Waals surface area contributed by atoms with Crippen LogP contribution in [0.25, 0.3) is 0 Å². The van der Waals surface area contributed by atoms with E-state index in [1.54, 1.807) is 31.2 Å². The van der Waals surface area contributed by atoms with Crippen molar-refractivity contribution in [2.24, 2.45) is 5.73 Å². The van der Waals surface area contributed by atoms with Crippen LogP contribution in [0.15, 0.2) is 30.3 Å². The molecule has 154 valence electrons. The molecule has 0 aliphatic carbocycles. The molecule has 0 spiro atoms. The van der Waals surface area contributed by atoms with Gasteiger partial charge in [-0.25, -0.2) is 0 Å². The Morgan fingerprint density at radius 2 is 1.82 bits per heavy atom. The first-order valence-corrected chi connectivity index (χ1v) is 10.3. The number of hydrogen-bond acceptors (Lipinski definition) is 6. The van der Waals surface area contributed by atoms with E-state index in [-0.39, 0.29) is 24.2 Å². The standard InChI is InChI=1S/C18H26N4O4S2/c1-12(28-11-21-18(26)13-6-4-3-5-7-13)17(25)20-10-15(23)22(2)14(8-9-27)16(19)24/h3-7,12,14,27H,8-11H2,1-2H3,(H2,19,24)(H,20,25)(H,21,26)/t12-,14-/m0/s1. The van der Waals surface area contributed by atoms with Gasteiger partial charge >= 0.3 is 0 Å². The van der Waals surface area contributed by atoms with Gasteiger partial charge in [0.05, 0.1) is 17.7 Å². The Bertz CT molecular complexity index is 687. The summed E-state index contributed by atoms with van der Waals surface area (Å²) in [4.78, 5) is 48.9. The molecule has 0 aromatic heterocycles. The molecule has 28 heavy (non-hydrogen) atoms. The van der Waals surface area contributed by atoms with E-state index in [0.717, 1.165) is 0 Å². The molecule has 4 amide bonds. The monoisotopic (exact) mass is 426 g/mol. The van der Waals surface area contributed by atoms with Crippen LogP contribution in [-0.2, 0) is 14.4 Å². The van der Waals surface area contributed by atoms with Crippen LogP contribution in [0.2, 0.25) is 0 Å². The molecule has 2 atom stereocenters. The molecular weight excluding hydrogens is 400 g/mol. The number of carbonyl (C=O) groups excluding carboxylic acids is 4. The molecule has 0 heterocycles. The first-order chi connectivity index (χ1) is 13.3. The molecule has 0 aliphatic heterocycles. The number of thioether (sulfide) groups is 1. The fourth-order valence-corrected chi connectivity index (χ4v) is 3.20. The SMILES string of the molecule is C[C@H](SCNC(=O)c1ccccc1)C(=O)NCC(=O)N(C)[C@@H](CCS)C(N)=O. The van der Waals surface area contributed by atoms with Gasteiger partial charge in [0.15, 0.2) is 0 Å². The number of likely N-dealkylation sites (N-methyl/N-ethyl adjacent to an activating group) is 1. The van der Waals surface area contributed by atoms with Gasteiger partial charge in [-0.2, -0.15) is 12.6 Å². The lowest BCUT2D eigenvalue weighted by atomic mass is 10.2. The predicted molar refractivity (Wildman–Crippen MR) is 113 cm³/mol.